The number of pyridine rings is 1. The van der Waals surface area contributed by atoms with E-state index in [1.54, 1.807) is 12.1 Å². The van der Waals surface area contributed by atoms with Crippen molar-refractivity contribution in [2.45, 2.75) is 26.2 Å². The molecule has 2 aromatic rings. The number of carboxylic acid groups (broad SMARTS) is 1. The second kappa shape index (κ2) is 6.37. The molecule has 0 amide bonds. The molecular weight excluding hydrogens is 252 g/mol. The van der Waals surface area contributed by atoms with E-state index >= 15 is 0 Å². The average molecular weight is 272 g/mol. The van der Waals surface area contributed by atoms with Crippen LogP contribution in [-0.4, -0.2) is 29.7 Å². The van der Waals surface area contributed by atoms with E-state index in [-0.39, 0.29) is 0 Å². The van der Waals surface area contributed by atoms with Crippen molar-refractivity contribution in [3.8, 4) is 0 Å². The van der Waals surface area contributed by atoms with Gasteiger partial charge in [-0.3, -0.25) is 0 Å². The Morgan fingerprint density at radius 1 is 1.25 bits per heavy atom. The lowest BCUT2D eigenvalue weighted by Crippen LogP contribution is -2.19. The lowest BCUT2D eigenvalue weighted by molar-refractivity contribution is 0.0699. The number of fused-ring (bicyclic) bond motifs is 1. The number of aromatic carboxylic acids is 1. The molecule has 0 spiro atoms. The molecule has 0 unspecified atom stereocenters. The van der Waals surface area contributed by atoms with E-state index in [1.165, 1.54) is 12.8 Å². The molecule has 0 aliphatic heterocycles. The normalized spacial score (nSPS) is 10.7. The van der Waals surface area contributed by atoms with Gasteiger partial charge >= 0.3 is 5.97 Å². The van der Waals surface area contributed by atoms with Crippen molar-refractivity contribution in [2.75, 3.05) is 18.5 Å². The third-order valence-electron chi connectivity index (χ3n) is 3.44. The number of unbranched alkanes of at least 4 members (excludes halogenated alkanes) is 2. The van der Waals surface area contributed by atoms with Crippen LogP contribution in [-0.2, 0) is 0 Å². The summed E-state index contributed by atoms with van der Waals surface area (Å²) in [7, 11) is 2.02. The highest BCUT2D eigenvalue weighted by Crippen LogP contribution is 2.21. The van der Waals surface area contributed by atoms with Crippen LogP contribution in [0.1, 0.15) is 36.5 Å². The predicted molar refractivity (Wildman–Crippen MR) is 81.5 cm³/mol. The lowest BCUT2D eigenvalue weighted by atomic mass is 10.1. The van der Waals surface area contributed by atoms with Gasteiger partial charge in [0.25, 0.3) is 0 Å². The summed E-state index contributed by atoms with van der Waals surface area (Å²) in [5.74, 6) is -0.0300. The molecule has 1 N–H and O–H groups in total. The van der Waals surface area contributed by atoms with Crippen LogP contribution in [0.15, 0.2) is 30.3 Å². The van der Waals surface area contributed by atoms with Crippen molar-refractivity contribution < 1.29 is 9.90 Å². The molecule has 2 rings (SSSR count). The summed E-state index contributed by atoms with van der Waals surface area (Å²) >= 11 is 0. The first-order chi connectivity index (χ1) is 9.63. The molecule has 0 saturated heterocycles. The monoisotopic (exact) mass is 272 g/mol. The van der Waals surface area contributed by atoms with Gasteiger partial charge in [-0.15, -0.1) is 0 Å². The Labute approximate surface area is 119 Å². The fraction of sp³-hybridized carbons (Fsp3) is 0.375. The molecule has 0 bridgehead atoms. The van der Waals surface area contributed by atoms with Crippen LogP contribution in [0.5, 0.6) is 0 Å². The van der Waals surface area contributed by atoms with E-state index in [2.05, 4.69) is 16.8 Å². The average Bonchev–Trinajstić information content (AvgIpc) is 2.46. The van der Waals surface area contributed by atoms with Gasteiger partial charge in [-0.2, -0.15) is 0 Å². The third kappa shape index (κ3) is 3.07. The fourth-order valence-corrected chi connectivity index (χ4v) is 2.26. The number of hydrogen-bond acceptors (Lipinski definition) is 3. The smallest absolute Gasteiger partial charge is 0.336 e. The molecule has 4 heteroatoms. The first-order valence-electron chi connectivity index (χ1n) is 6.97. The van der Waals surface area contributed by atoms with Gasteiger partial charge in [0.2, 0.25) is 0 Å². The van der Waals surface area contributed by atoms with E-state index < -0.39 is 5.97 Å². The molecule has 1 heterocycles. The van der Waals surface area contributed by atoms with E-state index in [4.69, 9.17) is 5.11 Å². The largest absolute Gasteiger partial charge is 0.478 e. The molecule has 1 aromatic carbocycles. The van der Waals surface area contributed by atoms with Crippen molar-refractivity contribution in [3.05, 3.63) is 35.9 Å². The highest BCUT2D eigenvalue weighted by molar-refractivity contribution is 6.02. The van der Waals surface area contributed by atoms with Crippen molar-refractivity contribution in [3.63, 3.8) is 0 Å². The maximum absolute atomic E-state index is 11.2. The zero-order valence-electron chi connectivity index (χ0n) is 12.0. The van der Waals surface area contributed by atoms with Crippen molar-refractivity contribution >= 4 is 22.7 Å². The number of nitrogens with zero attached hydrogens (tertiary/aromatic N) is 2. The van der Waals surface area contributed by atoms with Gasteiger partial charge in [0.1, 0.15) is 5.82 Å². The second-order valence-corrected chi connectivity index (χ2v) is 4.98. The number of carbonyl (C=O) groups is 1. The summed E-state index contributed by atoms with van der Waals surface area (Å²) in [6, 6.07) is 8.93. The van der Waals surface area contributed by atoms with E-state index in [9.17, 15) is 4.79 Å². The van der Waals surface area contributed by atoms with Crippen LogP contribution in [0.25, 0.3) is 10.9 Å². The maximum atomic E-state index is 11.2. The number of hydrogen-bond donors (Lipinski definition) is 1. The number of rotatable bonds is 6. The van der Waals surface area contributed by atoms with Gasteiger partial charge in [-0.25, -0.2) is 9.78 Å². The van der Waals surface area contributed by atoms with Crippen LogP contribution >= 0.6 is 0 Å². The van der Waals surface area contributed by atoms with E-state index in [0.29, 0.717) is 10.9 Å². The van der Waals surface area contributed by atoms with Gasteiger partial charge in [0.15, 0.2) is 0 Å². The molecule has 20 heavy (non-hydrogen) atoms. The minimum atomic E-state index is -0.915. The highest BCUT2D eigenvalue weighted by Gasteiger charge is 2.10. The van der Waals surface area contributed by atoms with Crippen molar-refractivity contribution in [1.29, 1.82) is 0 Å². The van der Waals surface area contributed by atoms with E-state index in [1.807, 2.05) is 25.2 Å². The van der Waals surface area contributed by atoms with Crippen molar-refractivity contribution in [2.24, 2.45) is 0 Å². The minimum absolute atomic E-state index is 0.301. The van der Waals surface area contributed by atoms with E-state index in [0.717, 1.165) is 24.3 Å². The van der Waals surface area contributed by atoms with Gasteiger partial charge in [-0.1, -0.05) is 25.8 Å². The first-order valence-corrected chi connectivity index (χ1v) is 6.97. The number of anilines is 1. The summed E-state index contributed by atoms with van der Waals surface area (Å²) in [4.78, 5) is 17.8. The van der Waals surface area contributed by atoms with Gasteiger partial charge in [0, 0.05) is 19.0 Å². The Bertz CT molecular complexity index is 610. The van der Waals surface area contributed by atoms with Crippen LogP contribution in [0.3, 0.4) is 0 Å². The molecule has 0 saturated carbocycles. The molecule has 0 aliphatic carbocycles. The standard InChI is InChI=1S/C16H20N2O2/c1-3-4-5-11-18(2)15-10-9-12-13(16(19)20)7-6-8-14(12)17-15/h6-10H,3-5,11H2,1-2H3,(H,19,20). The van der Waals surface area contributed by atoms with Gasteiger partial charge in [0.05, 0.1) is 11.1 Å². The number of aromatic nitrogens is 1. The van der Waals surface area contributed by atoms with Crippen LogP contribution in [0, 0.1) is 0 Å². The Balaban J connectivity index is 2.28. The fourth-order valence-electron chi connectivity index (χ4n) is 2.26. The topological polar surface area (TPSA) is 53.4 Å². The first kappa shape index (κ1) is 14.3. The molecule has 0 fully saturated rings. The van der Waals surface area contributed by atoms with Crippen LogP contribution < -0.4 is 4.90 Å². The third-order valence-corrected chi connectivity index (χ3v) is 3.44. The van der Waals surface area contributed by atoms with Crippen LogP contribution in [0.4, 0.5) is 5.82 Å². The quantitative estimate of drug-likeness (QED) is 0.817. The molecule has 4 nitrogen and oxygen atoms in total. The maximum Gasteiger partial charge on any atom is 0.336 e. The Kier molecular flexibility index (Phi) is 4.56. The summed E-state index contributed by atoms with van der Waals surface area (Å²) < 4.78 is 0. The zero-order valence-corrected chi connectivity index (χ0v) is 12.0. The Morgan fingerprint density at radius 2 is 2.05 bits per heavy atom. The summed E-state index contributed by atoms with van der Waals surface area (Å²) in [5.41, 5.74) is 1.03. The summed E-state index contributed by atoms with van der Waals surface area (Å²) in [5, 5.41) is 9.85. The zero-order chi connectivity index (χ0) is 14.5. The lowest BCUT2D eigenvalue weighted by Gasteiger charge is -2.18. The Hall–Kier alpha value is -2.10. The Morgan fingerprint density at radius 3 is 2.75 bits per heavy atom. The minimum Gasteiger partial charge on any atom is -0.478 e. The molecular formula is C16H20N2O2. The van der Waals surface area contributed by atoms with Crippen molar-refractivity contribution in [1.82, 2.24) is 4.98 Å². The van der Waals surface area contributed by atoms with Crippen LogP contribution in [0.2, 0.25) is 0 Å². The van der Waals surface area contributed by atoms with Gasteiger partial charge < -0.3 is 10.0 Å². The highest BCUT2D eigenvalue weighted by atomic mass is 16.4. The second-order valence-electron chi connectivity index (χ2n) is 4.98. The molecule has 0 aliphatic rings. The van der Waals surface area contributed by atoms with Gasteiger partial charge in [-0.05, 0) is 30.7 Å². The molecule has 106 valence electrons. The molecule has 0 atom stereocenters. The summed E-state index contributed by atoms with van der Waals surface area (Å²) in [6.45, 7) is 3.15. The predicted octanol–water partition coefficient (Wildman–Crippen LogP) is 3.56. The molecule has 0 radical (unpaired) electrons. The molecule has 1 aromatic heterocycles. The number of benzene rings is 1. The summed E-state index contributed by atoms with van der Waals surface area (Å²) in [6.07, 6.45) is 3.55. The number of carboxylic acids is 1. The SMILES string of the molecule is CCCCCN(C)c1ccc2c(C(=O)O)cccc2n1.